The molecule has 1 N–H and O–H groups in total. The number of amides is 1. The molecule has 0 spiro atoms. The van der Waals surface area contributed by atoms with Crippen LogP contribution in [0, 0.1) is 18.8 Å². The molecule has 2 fully saturated rings. The van der Waals surface area contributed by atoms with Gasteiger partial charge < -0.3 is 19.3 Å². The Hall–Kier alpha value is -1.33. The third-order valence-electron chi connectivity index (χ3n) is 5.78. The Labute approximate surface area is 151 Å². The molecule has 3 heterocycles. The Balaban J connectivity index is 1.67. The maximum absolute atomic E-state index is 13.0. The summed E-state index contributed by atoms with van der Waals surface area (Å²) in [6.45, 7) is 10.8. The number of rotatable bonds is 5. The van der Waals surface area contributed by atoms with Gasteiger partial charge in [0.2, 0.25) is 0 Å². The van der Waals surface area contributed by atoms with Gasteiger partial charge in [0.25, 0.3) is 5.91 Å². The average molecular weight is 348 g/mol. The smallest absolute Gasteiger partial charge is 0.257 e. The lowest BCUT2D eigenvalue weighted by Gasteiger charge is -2.30. The number of carbonyl (C=O) groups is 1. The quantitative estimate of drug-likeness (QED) is 0.889. The van der Waals surface area contributed by atoms with Crippen LogP contribution >= 0.6 is 0 Å². The number of nitrogens with zero attached hydrogens (tertiary/aromatic N) is 2. The molecule has 25 heavy (non-hydrogen) atoms. The van der Waals surface area contributed by atoms with Gasteiger partial charge in [0.1, 0.15) is 11.5 Å². The number of aliphatic hydroxyl groups is 1. The lowest BCUT2D eigenvalue weighted by atomic mass is 9.95. The van der Waals surface area contributed by atoms with E-state index in [1.165, 1.54) is 19.3 Å². The molecule has 2 atom stereocenters. The van der Waals surface area contributed by atoms with Gasteiger partial charge in [0, 0.05) is 38.1 Å². The highest BCUT2D eigenvalue weighted by atomic mass is 16.3. The largest absolute Gasteiger partial charge is 0.465 e. The Morgan fingerprint density at radius 1 is 1.24 bits per heavy atom. The van der Waals surface area contributed by atoms with E-state index in [1.807, 2.05) is 17.9 Å². The third-order valence-corrected chi connectivity index (χ3v) is 5.78. The van der Waals surface area contributed by atoms with Crippen molar-refractivity contribution in [2.45, 2.75) is 46.0 Å². The van der Waals surface area contributed by atoms with E-state index in [0.29, 0.717) is 23.8 Å². The molecule has 0 aliphatic carbocycles. The van der Waals surface area contributed by atoms with E-state index in [9.17, 15) is 9.90 Å². The van der Waals surface area contributed by atoms with E-state index >= 15 is 0 Å². The SMILES string of the molecule is Cc1oc(C(C)C)cc1C(=O)N1C[C@@H](CN2CCCCC2)[C@@H](CO)C1. The van der Waals surface area contributed by atoms with E-state index in [2.05, 4.69) is 18.7 Å². The highest BCUT2D eigenvalue weighted by molar-refractivity contribution is 5.95. The monoisotopic (exact) mass is 348 g/mol. The molecule has 3 rings (SSSR count). The fourth-order valence-corrected chi connectivity index (χ4v) is 4.16. The van der Waals surface area contributed by atoms with Crippen molar-refractivity contribution in [2.75, 3.05) is 39.3 Å². The van der Waals surface area contributed by atoms with Crippen molar-refractivity contribution in [1.82, 2.24) is 9.80 Å². The van der Waals surface area contributed by atoms with Crippen LogP contribution in [-0.4, -0.2) is 60.1 Å². The van der Waals surface area contributed by atoms with Crippen LogP contribution in [0.4, 0.5) is 0 Å². The first kappa shape index (κ1) is 18.5. The van der Waals surface area contributed by atoms with Gasteiger partial charge in [0.05, 0.1) is 5.56 Å². The van der Waals surface area contributed by atoms with Gasteiger partial charge in [-0.1, -0.05) is 20.3 Å². The van der Waals surface area contributed by atoms with Crippen LogP contribution < -0.4 is 0 Å². The van der Waals surface area contributed by atoms with E-state index in [1.54, 1.807) is 0 Å². The Bertz CT molecular complexity index is 590. The minimum Gasteiger partial charge on any atom is -0.465 e. The summed E-state index contributed by atoms with van der Waals surface area (Å²) < 4.78 is 5.75. The summed E-state index contributed by atoms with van der Waals surface area (Å²) in [5, 5.41) is 9.79. The van der Waals surface area contributed by atoms with Gasteiger partial charge in [0.15, 0.2) is 0 Å². The van der Waals surface area contributed by atoms with Crippen molar-refractivity contribution < 1.29 is 14.3 Å². The van der Waals surface area contributed by atoms with Gasteiger partial charge >= 0.3 is 0 Å². The zero-order valence-electron chi connectivity index (χ0n) is 15.8. The van der Waals surface area contributed by atoms with Gasteiger partial charge in [-0.05, 0) is 44.8 Å². The molecule has 0 unspecified atom stereocenters. The van der Waals surface area contributed by atoms with Crippen molar-refractivity contribution in [2.24, 2.45) is 11.8 Å². The van der Waals surface area contributed by atoms with Crippen molar-refractivity contribution in [3.63, 3.8) is 0 Å². The highest BCUT2D eigenvalue weighted by Gasteiger charge is 2.37. The summed E-state index contributed by atoms with van der Waals surface area (Å²) in [6, 6.07) is 1.90. The molecule has 2 aliphatic heterocycles. The minimum atomic E-state index is 0.0488. The third kappa shape index (κ3) is 4.09. The van der Waals surface area contributed by atoms with E-state index < -0.39 is 0 Å². The number of carbonyl (C=O) groups excluding carboxylic acids is 1. The number of hydrogen-bond donors (Lipinski definition) is 1. The fourth-order valence-electron chi connectivity index (χ4n) is 4.16. The van der Waals surface area contributed by atoms with Crippen molar-refractivity contribution in [1.29, 1.82) is 0 Å². The first-order valence-corrected chi connectivity index (χ1v) is 9.72. The standard InChI is InChI=1S/C20H32N2O3/c1-14(2)19-9-18(15(3)25-19)20(24)22-11-16(17(12-22)13-23)10-21-7-5-4-6-8-21/h9,14,16-17,23H,4-8,10-13H2,1-3H3/t16-,17-/m1/s1. The molecule has 0 saturated carbocycles. The van der Waals surface area contributed by atoms with Gasteiger partial charge in [-0.3, -0.25) is 4.79 Å². The average Bonchev–Trinajstić information content (AvgIpc) is 3.19. The lowest BCUT2D eigenvalue weighted by molar-refractivity contribution is 0.0776. The zero-order valence-corrected chi connectivity index (χ0v) is 15.8. The predicted molar refractivity (Wildman–Crippen MR) is 97.8 cm³/mol. The maximum Gasteiger partial charge on any atom is 0.257 e. The first-order chi connectivity index (χ1) is 12.0. The summed E-state index contributed by atoms with van der Waals surface area (Å²) >= 11 is 0. The fraction of sp³-hybridized carbons (Fsp3) is 0.750. The molecule has 1 amide bonds. The van der Waals surface area contributed by atoms with Crippen molar-refractivity contribution in [3.8, 4) is 0 Å². The molecule has 140 valence electrons. The molecule has 2 saturated heterocycles. The van der Waals surface area contributed by atoms with Gasteiger partial charge in [-0.2, -0.15) is 0 Å². The Kier molecular flexibility index (Phi) is 5.85. The van der Waals surface area contributed by atoms with E-state index in [-0.39, 0.29) is 24.3 Å². The summed E-state index contributed by atoms with van der Waals surface area (Å²) in [7, 11) is 0. The van der Waals surface area contributed by atoms with Crippen LogP contribution in [0.25, 0.3) is 0 Å². The number of furan rings is 1. The van der Waals surface area contributed by atoms with Crippen LogP contribution in [0.1, 0.15) is 60.9 Å². The number of aryl methyl sites for hydroxylation is 1. The molecule has 0 radical (unpaired) electrons. The van der Waals surface area contributed by atoms with Crippen LogP contribution in [0.3, 0.4) is 0 Å². The second-order valence-electron chi connectivity index (χ2n) is 8.05. The highest BCUT2D eigenvalue weighted by Crippen LogP contribution is 2.29. The topological polar surface area (TPSA) is 56.9 Å². The summed E-state index contributed by atoms with van der Waals surface area (Å²) in [4.78, 5) is 17.4. The van der Waals surface area contributed by atoms with Gasteiger partial charge in [-0.15, -0.1) is 0 Å². The van der Waals surface area contributed by atoms with Crippen molar-refractivity contribution in [3.05, 3.63) is 23.2 Å². The summed E-state index contributed by atoms with van der Waals surface area (Å²) in [6.07, 6.45) is 3.86. The number of likely N-dealkylation sites (tertiary alicyclic amines) is 2. The molecule has 1 aromatic heterocycles. The molecule has 5 heteroatoms. The molecule has 0 aromatic carbocycles. The van der Waals surface area contributed by atoms with Crippen LogP contribution in [0.2, 0.25) is 0 Å². The van der Waals surface area contributed by atoms with Crippen LogP contribution in [-0.2, 0) is 0 Å². The molecule has 1 aromatic rings. The minimum absolute atomic E-state index is 0.0488. The number of piperidine rings is 1. The summed E-state index contributed by atoms with van der Waals surface area (Å²) in [5.41, 5.74) is 0.680. The molecular formula is C20H32N2O3. The normalized spacial score (nSPS) is 25.1. The van der Waals surface area contributed by atoms with Crippen LogP contribution in [0.15, 0.2) is 10.5 Å². The number of hydrogen-bond acceptors (Lipinski definition) is 4. The van der Waals surface area contributed by atoms with E-state index in [0.717, 1.165) is 31.9 Å². The van der Waals surface area contributed by atoms with Crippen LogP contribution in [0.5, 0.6) is 0 Å². The molecule has 2 aliphatic rings. The first-order valence-electron chi connectivity index (χ1n) is 9.72. The second kappa shape index (κ2) is 7.92. The predicted octanol–water partition coefficient (Wildman–Crippen LogP) is 2.88. The molecule has 0 bridgehead atoms. The molecule has 5 nitrogen and oxygen atoms in total. The van der Waals surface area contributed by atoms with Crippen molar-refractivity contribution >= 4 is 5.91 Å². The second-order valence-corrected chi connectivity index (χ2v) is 8.05. The lowest BCUT2D eigenvalue weighted by Crippen LogP contribution is -2.37. The molecular weight excluding hydrogens is 316 g/mol. The Morgan fingerprint density at radius 2 is 1.92 bits per heavy atom. The maximum atomic E-state index is 13.0. The summed E-state index contributed by atoms with van der Waals surface area (Å²) in [5.74, 6) is 2.44. The van der Waals surface area contributed by atoms with Gasteiger partial charge in [-0.25, -0.2) is 0 Å². The zero-order chi connectivity index (χ0) is 18.0. The number of aliphatic hydroxyl groups excluding tert-OH is 1. The van der Waals surface area contributed by atoms with E-state index in [4.69, 9.17) is 4.42 Å². The Morgan fingerprint density at radius 3 is 2.52 bits per heavy atom.